The molecule has 2 rings (SSSR count). The maximum Gasteiger partial charge on any atom is 0.251 e. The van der Waals surface area contributed by atoms with E-state index in [4.69, 9.17) is 0 Å². The number of H-pyrrole nitrogens is 1. The van der Waals surface area contributed by atoms with Gasteiger partial charge in [0.2, 0.25) is 0 Å². The van der Waals surface area contributed by atoms with Crippen molar-refractivity contribution < 1.29 is 4.79 Å². The highest BCUT2D eigenvalue weighted by molar-refractivity contribution is 7.99. The van der Waals surface area contributed by atoms with Gasteiger partial charge in [0.05, 0.1) is 0 Å². The molecular formula is C14H18N2OS. The molecule has 0 saturated heterocycles. The van der Waals surface area contributed by atoms with Gasteiger partial charge in [-0.05, 0) is 42.2 Å². The number of carbonyl (C=O) groups is 1. The van der Waals surface area contributed by atoms with Gasteiger partial charge in [-0.1, -0.05) is 6.92 Å². The van der Waals surface area contributed by atoms with Gasteiger partial charge in [-0.15, -0.1) is 0 Å². The van der Waals surface area contributed by atoms with Crippen molar-refractivity contribution in [3.8, 4) is 0 Å². The molecule has 0 unspecified atom stereocenters. The fourth-order valence-corrected chi connectivity index (χ4v) is 2.45. The molecule has 4 heteroatoms. The Bertz CT molecular complexity index is 521. The minimum absolute atomic E-state index is 0.0135. The van der Waals surface area contributed by atoms with Gasteiger partial charge in [-0.3, -0.25) is 4.79 Å². The van der Waals surface area contributed by atoms with Gasteiger partial charge >= 0.3 is 0 Å². The Morgan fingerprint density at radius 1 is 1.39 bits per heavy atom. The molecular weight excluding hydrogens is 244 g/mol. The Morgan fingerprint density at radius 2 is 2.28 bits per heavy atom. The predicted octanol–water partition coefficient (Wildman–Crippen LogP) is 3.04. The molecule has 0 saturated carbocycles. The van der Waals surface area contributed by atoms with Crippen LogP contribution >= 0.6 is 11.8 Å². The number of fused-ring (bicyclic) bond motifs is 1. The van der Waals surface area contributed by atoms with Gasteiger partial charge in [-0.2, -0.15) is 11.8 Å². The van der Waals surface area contributed by atoms with Gasteiger partial charge in [0.25, 0.3) is 5.91 Å². The third-order valence-corrected chi connectivity index (χ3v) is 3.76. The van der Waals surface area contributed by atoms with Crippen LogP contribution in [-0.4, -0.2) is 28.9 Å². The van der Waals surface area contributed by atoms with Crippen molar-refractivity contribution in [2.24, 2.45) is 0 Å². The third kappa shape index (κ3) is 3.29. The summed E-state index contributed by atoms with van der Waals surface area (Å²) in [4.78, 5) is 15.0. The van der Waals surface area contributed by atoms with Crippen molar-refractivity contribution in [1.82, 2.24) is 10.3 Å². The smallest absolute Gasteiger partial charge is 0.251 e. The molecule has 0 spiro atoms. The van der Waals surface area contributed by atoms with Gasteiger partial charge in [0, 0.05) is 29.2 Å². The highest BCUT2D eigenvalue weighted by atomic mass is 32.2. The lowest BCUT2D eigenvalue weighted by atomic mass is 10.1. The maximum absolute atomic E-state index is 11.9. The minimum Gasteiger partial charge on any atom is -0.361 e. The molecule has 96 valence electrons. The number of aromatic nitrogens is 1. The molecule has 0 aliphatic rings. The van der Waals surface area contributed by atoms with Crippen LogP contribution in [0.5, 0.6) is 0 Å². The summed E-state index contributed by atoms with van der Waals surface area (Å²) < 4.78 is 0. The molecule has 0 radical (unpaired) electrons. The molecule has 0 fully saturated rings. The first-order valence-electron chi connectivity index (χ1n) is 6.24. The Morgan fingerprint density at radius 3 is 3.11 bits per heavy atom. The number of hydrogen-bond acceptors (Lipinski definition) is 2. The van der Waals surface area contributed by atoms with E-state index >= 15 is 0 Å². The SMILES string of the molecule is CCSCCCNC(=O)c1ccc2[nH]ccc2c1. The van der Waals surface area contributed by atoms with Gasteiger partial charge in [0.15, 0.2) is 0 Å². The number of benzene rings is 1. The summed E-state index contributed by atoms with van der Waals surface area (Å²) in [7, 11) is 0. The minimum atomic E-state index is 0.0135. The van der Waals surface area contributed by atoms with Crippen LogP contribution in [0.1, 0.15) is 23.7 Å². The van der Waals surface area contributed by atoms with E-state index in [-0.39, 0.29) is 5.91 Å². The number of amides is 1. The summed E-state index contributed by atoms with van der Waals surface area (Å²) >= 11 is 1.90. The van der Waals surface area contributed by atoms with Crippen LogP contribution in [0.25, 0.3) is 10.9 Å². The van der Waals surface area contributed by atoms with Crippen LogP contribution in [0, 0.1) is 0 Å². The third-order valence-electron chi connectivity index (χ3n) is 2.77. The highest BCUT2D eigenvalue weighted by Gasteiger charge is 2.05. The second kappa shape index (κ2) is 6.50. The van der Waals surface area contributed by atoms with Crippen LogP contribution in [0.3, 0.4) is 0 Å². The number of carbonyl (C=O) groups excluding carboxylic acids is 1. The molecule has 0 aliphatic carbocycles. The van der Waals surface area contributed by atoms with E-state index in [0.29, 0.717) is 0 Å². The summed E-state index contributed by atoms with van der Waals surface area (Å²) in [6, 6.07) is 7.69. The van der Waals surface area contributed by atoms with E-state index in [1.165, 1.54) is 0 Å². The summed E-state index contributed by atoms with van der Waals surface area (Å²) in [5.41, 5.74) is 1.79. The number of hydrogen-bond donors (Lipinski definition) is 2. The Hall–Kier alpha value is -1.42. The maximum atomic E-state index is 11.9. The lowest BCUT2D eigenvalue weighted by Crippen LogP contribution is -2.24. The molecule has 18 heavy (non-hydrogen) atoms. The van der Waals surface area contributed by atoms with Crippen LogP contribution in [-0.2, 0) is 0 Å². The molecule has 1 heterocycles. The fourth-order valence-electron chi connectivity index (χ4n) is 1.82. The average Bonchev–Trinajstić information content (AvgIpc) is 2.85. The van der Waals surface area contributed by atoms with Gasteiger partial charge < -0.3 is 10.3 Å². The van der Waals surface area contributed by atoms with Gasteiger partial charge in [-0.25, -0.2) is 0 Å². The van der Waals surface area contributed by atoms with E-state index in [2.05, 4.69) is 17.2 Å². The van der Waals surface area contributed by atoms with E-state index in [1.54, 1.807) is 0 Å². The lowest BCUT2D eigenvalue weighted by Gasteiger charge is -2.05. The highest BCUT2D eigenvalue weighted by Crippen LogP contribution is 2.14. The van der Waals surface area contributed by atoms with E-state index in [1.807, 2.05) is 42.2 Å². The summed E-state index contributed by atoms with van der Waals surface area (Å²) in [6.45, 7) is 2.90. The van der Waals surface area contributed by atoms with Crippen LogP contribution < -0.4 is 5.32 Å². The predicted molar refractivity (Wildman–Crippen MR) is 78.2 cm³/mol. The van der Waals surface area contributed by atoms with E-state index < -0.39 is 0 Å². The molecule has 0 bridgehead atoms. The zero-order valence-corrected chi connectivity index (χ0v) is 11.3. The zero-order chi connectivity index (χ0) is 12.8. The standard InChI is InChI=1S/C14H18N2OS/c1-2-18-9-3-7-16-14(17)12-4-5-13-11(10-12)6-8-15-13/h4-6,8,10,15H,2-3,7,9H2,1H3,(H,16,17). The number of rotatable bonds is 6. The second-order valence-electron chi connectivity index (χ2n) is 4.09. The summed E-state index contributed by atoms with van der Waals surface area (Å²) in [6.07, 6.45) is 2.91. The van der Waals surface area contributed by atoms with Gasteiger partial charge in [0.1, 0.15) is 0 Å². The molecule has 2 aromatic rings. The summed E-state index contributed by atoms with van der Waals surface area (Å²) in [5, 5.41) is 4.03. The van der Waals surface area contributed by atoms with Crippen molar-refractivity contribution in [2.75, 3.05) is 18.1 Å². The Labute approximate surface area is 111 Å². The van der Waals surface area contributed by atoms with Crippen LogP contribution in [0.15, 0.2) is 30.5 Å². The second-order valence-corrected chi connectivity index (χ2v) is 5.48. The number of aromatic amines is 1. The van der Waals surface area contributed by atoms with E-state index in [9.17, 15) is 4.79 Å². The first kappa shape index (κ1) is 13.0. The topological polar surface area (TPSA) is 44.9 Å². The van der Waals surface area contributed by atoms with Crippen LogP contribution in [0.4, 0.5) is 0 Å². The first-order valence-corrected chi connectivity index (χ1v) is 7.40. The fraction of sp³-hybridized carbons (Fsp3) is 0.357. The molecule has 1 aromatic carbocycles. The van der Waals surface area contributed by atoms with Crippen molar-refractivity contribution in [1.29, 1.82) is 0 Å². The van der Waals surface area contributed by atoms with Crippen molar-refractivity contribution in [3.63, 3.8) is 0 Å². The zero-order valence-electron chi connectivity index (χ0n) is 10.5. The molecule has 2 N–H and O–H groups in total. The normalized spacial score (nSPS) is 10.7. The Kier molecular flexibility index (Phi) is 4.70. The molecule has 0 aliphatic heterocycles. The van der Waals surface area contributed by atoms with Crippen molar-refractivity contribution >= 4 is 28.6 Å². The molecule has 1 amide bonds. The van der Waals surface area contributed by atoms with Crippen molar-refractivity contribution in [3.05, 3.63) is 36.0 Å². The van der Waals surface area contributed by atoms with Crippen molar-refractivity contribution in [2.45, 2.75) is 13.3 Å². The largest absolute Gasteiger partial charge is 0.361 e. The first-order chi connectivity index (χ1) is 8.81. The number of thioether (sulfide) groups is 1. The lowest BCUT2D eigenvalue weighted by molar-refractivity contribution is 0.0954. The molecule has 3 nitrogen and oxygen atoms in total. The summed E-state index contributed by atoms with van der Waals surface area (Å²) in [5.74, 6) is 2.26. The van der Waals surface area contributed by atoms with E-state index in [0.717, 1.165) is 40.9 Å². The number of nitrogens with one attached hydrogen (secondary N) is 2. The monoisotopic (exact) mass is 262 g/mol. The quantitative estimate of drug-likeness (QED) is 0.786. The Balaban J connectivity index is 1.88. The molecule has 0 atom stereocenters. The van der Waals surface area contributed by atoms with Crippen LogP contribution in [0.2, 0.25) is 0 Å². The average molecular weight is 262 g/mol. The molecule has 1 aromatic heterocycles.